The molecule has 0 fully saturated rings. The van der Waals surface area contributed by atoms with E-state index in [4.69, 9.17) is 37.0 Å². The molecule has 4 amide bonds. The second-order valence-electron chi connectivity index (χ2n) is 29.9. The average Bonchev–Trinajstić information content (AvgIpc) is 0.915. The summed E-state index contributed by atoms with van der Waals surface area (Å²) >= 11 is 0. The molecule has 25 heteroatoms. The van der Waals surface area contributed by atoms with Crippen molar-refractivity contribution in [2.75, 3.05) is 65.9 Å². The van der Waals surface area contributed by atoms with Crippen molar-refractivity contribution in [3.05, 3.63) is 0 Å². The van der Waals surface area contributed by atoms with Crippen LogP contribution in [-0.4, -0.2) is 120 Å². The quantitative estimate of drug-likeness (QED) is 0.0190. The van der Waals surface area contributed by atoms with E-state index in [0.29, 0.717) is 51.4 Å². The van der Waals surface area contributed by atoms with E-state index < -0.39 is 60.2 Å². The summed E-state index contributed by atoms with van der Waals surface area (Å²) in [7, 11) is -9.92. The third-order valence-corrected chi connectivity index (χ3v) is 21.4. The molecule has 108 heavy (non-hydrogen) atoms. The van der Waals surface area contributed by atoms with Gasteiger partial charge in [0.1, 0.15) is 12.2 Å². The van der Waals surface area contributed by atoms with Gasteiger partial charge in [0.2, 0.25) is 11.8 Å². The van der Waals surface area contributed by atoms with Crippen LogP contribution in [0.4, 0.5) is 4.79 Å². The van der Waals surface area contributed by atoms with Gasteiger partial charge in [-0.25, -0.2) is 4.79 Å². The molecule has 0 heterocycles. The molecule has 21 nitrogen and oxygen atoms in total. The number of amides is 4. The van der Waals surface area contributed by atoms with E-state index in [1.807, 2.05) is 0 Å². The van der Waals surface area contributed by atoms with E-state index in [1.165, 1.54) is 167 Å². The van der Waals surface area contributed by atoms with E-state index in [0.717, 1.165) is 141 Å². The molecule has 628 valence electrons. The second kappa shape index (κ2) is 84.2. The zero-order chi connectivity index (χ0) is 77.8. The van der Waals surface area contributed by atoms with Gasteiger partial charge in [0.05, 0.1) is 64.9 Å². The minimum Gasteiger partial charge on any atom is -0.756 e. The molecule has 0 aliphatic carbocycles. The summed E-state index contributed by atoms with van der Waals surface area (Å²) in [5, 5.41) is 10.7. The molecule has 4 N–H and O–H groups in total. The molecule has 6 atom stereocenters. The number of hydrogen-bond acceptors (Lipinski definition) is 17. The first kappa shape index (κ1) is 111. The number of phosphoric acid groups is 2. The van der Waals surface area contributed by atoms with Gasteiger partial charge >= 0.3 is 77.1 Å². The second-order valence-corrected chi connectivity index (χ2v) is 32.8. The largest absolute Gasteiger partial charge is 1.00 e. The van der Waals surface area contributed by atoms with Gasteiger partial charge in [-0.1, -0.05) is 324 Å². The number of esters is 2. The van der Waals surface area contributed by atoms with Crippen molar-refractivity contribution >= 4 is 45.4 Å². The van der Waals surface area contributed by atoms with E-state index in [9.17, 15) is 42.9 Å². The fraction of sp³-hybridized carbons (Fsp3) is 0.940. The Kier molecular flexibility index (Phi) is 86.9. The Hall–Kier alpha value is -0.710. The van der Waals surface area contributed by atoms with Gasteiger partial charge in [0.25, 0.3) is 15.6 Å². The maximum absolute atomic E-state index is 13.3. The van der Waals surface area contributed by atoms with Gasteiger partial charge in [-0.15, -0.1) is 0 Å². The number of unbranched alkanes of at least 4 members (excludes halogenated alkanes) is 44. The smallest absolute Gasteiger partial charge is 0.756 e. The molecule has 0 aromatic carbocycles. The summed E-state index contributed by atoms with van der Waals surface area (Å²) in [6.45, 7) is 11.1. The Morgan fingerprint density at radius 1 is 0.296 bits per heavy atom. The third-order valence-electron chi connectivity index (χ3n) is 19.5. The van der Waals surface area contributed by atoms with Crippen molar-refractivity contribution in [3.63, 3.8) is 0 Å². The van der Waals surface area contributed by atoms with Crippen LogP contribution in [0.15, 0.2) is 0 Å². The van der Waals surface area contributed by atoms with Gasteiger partial charge in [-0.3, -0.25) is 28.3 Å². The molecule has 2 unspecified atom stereocenters. The minimum atomic E-state index is -4.96. The average molecular weight is 1600 g/mol. The van der Waals surface area contributed by atoms with E-state index in [1.54, 1.807) is 0 Å². The van der Waals surface area contributed by atoms with Gasteiger partial charge in [0, 0.05) is 51.6 Å². The van der Waals surface area contributed by atoms with Crippen molar-refractivity contribution in [1.29, 1.82) is 0 Å². The molecular weight excluding hydrogens is 1430 g/mol. The van der Waals surface area contributed by atoms with Gasteiger partial charge in [-0.2, -0.15) is 0 Å². The van der Waals surface area contributed by atoms with Crippen LogP contribution in [0.5, 0.6) is 0 Å². The Morgan fingerprint density at radius 2 is 0.537 bits per heavy atom. The fourth-order valence-corrected chi connectivity index (χ4v) is 14.4. The molecule has 0 bridgehead atoms. The van der Waals surface area contributed by atoms with Crippen LogP contribution >= 0.6 is 15.6 Å². The summed E-state index contributed by atoms with van der Waals surface area (Å²) in [6, 6.07) is -2.45. The molecule has 0 rings (SSSR count). The first-order chi connectivity index (χ1) is 51.5. The molecule has 0 aliphatic heterocycles. The van der Waals surface area contributed by atoms with Gasteiger partial charge in [-0.05, 0) is 51.4 Å². The van der Waals surface area contributed by atoms with Gasteiger partial charge in [0.15, 0.2) is 0 Å². The first-order valence-electron chi connectivity index (χ1n) is 43.9. The number of hydrogen-bond donors (Lipinski definition) is 4. The molecule has 0 radical (unpaired) electrons. The minimum absolute atomic E-state index is 0. The predicted octanol–water partition coefficient (Wildman–Crippen LogP) is 14.9. The number of nitrogens with one attached hydrogen (secondary N) is 4. The predicted molar refractivity (Wildman–Crippen MR) is 428 cm³/mol. The summed E-state index contributed by atoms with van der Waals surface area (Å²) in [5.74, 6) is -0.912. The fourth-order valence-electron chi connectivity index (χ4n) is 12.9. The first-order valence-corrected chi connectivity index (χ1v) is 46.8. The zero-order valence-corrected chi connectivity index (χ0v) is 76.5. The number of phosphoric ester groups is 2. The van der Waals surface area contributed by atoms with Crippen molar-refractivity contribution in [2.45, 2.75) is 438 Å². The summed E-state index contributed by atoms with van der Waals surface area (Å²) in [5.41, 5.74) is 0. The number of carbonyl (C=O) groups excluding carboxylic acids is 5. The van der Waals surface area contributed by atoms with Gasteiger partial charge < -0.3 is 68.1 Å². The van der Waals surface area contributed by atoms with Crippen molar-refractivity contribution in [2.24, 2.45) is 0 Å². The standard InChI is InChI=1S/C83H164N4O17P2.2Na/c1-7-13-19-25-29-33-35-39-41-47-53-59-79(88)86-75(71-97-67-63-77(57-51-45-23-17-11-5)103-81(90)61-55-49-43-37-31-27-21-15-9-3)73-101-105(93,94)99-69-65-84-83(92)85-66-70-100-106(95,96)102-74-76(87-80(89)60-54-48-42-40-36-34-30-26-20-14-8-2)72-98-68-64-78(58-52-46-24-18-12-6)104-82(91)62-56-50-44-38-32-28-22-16-10-4;;/h75-78H,7-74H2,1-6H3,(H,86,88)(H,87,89)(H,93,94)(H,95,96)(H2,84,85,92);;/q;2*+1/p-2/t75-,76-,77-,78-;;/m1../s1. The van der Waals surface area contributed by atoms with Crippen LogP contribution in [0.1, 0.15) is 414 Å². The molecule has 0 aromatic heterocycles. The van der Waals surface area contributed by atoms with Crippen LogP contribution in [0.2, 0.25) is 0 Å². The number of carbonyl (C=O) groups is 5. The molecule has 0 saturated heterocycles. The normalized spacial score (nSPS) is 13.6. The molecule has 0 spiro atoms. The van der Waals surface area contributed by atoms with Crippen LogP contribution in [-0.2, 0) is 65.4 Å². The van der Waals surface area contributed by atoms with E-state index in [-0.39, 0.29) is 147 Å². The maximum Gasteiger partial charge on any atom is 1.00 e. The Morgan fingerprint density at radius 3 is 0.806 bits per heavy atom. The van der Waals surface area contributed by atoms with E-state index in [2.05, 4.69) is 62.8 Å². The van der Waals surface area contributed by atoms with Crippen molar-refractivity contribution < 1.29 is 139 Å². The van der Waals surface area contributed by atoms with E-state index >= 15 is 0 Å². The van der Waals surface area contributed by atoms with Crippen LogP contribution in [0, 0.1) is 0 Å². The maximum atomic E-state index is 13.3. The molecular formula is C83H162N4Na2O17P2. The molecule has 0 aliphatic rings. The molecule has 0 saturated carbocycles. The Labute approximate surface area is 704 Å². The summed E-state index contributed by atoms with van der Waals surface area (Å²) < 4.78 is 70.9. The zero-order valence-electron chi connectivity index (χ0n) is 70.7. The van der Waals surface area contributed by atoms with Crippen LogP contribution in [0.25, 0.3) is 0 Å². The molecule has 0 aromatic rings. The SMILES string of the molecule is CCCCCCCCCCCCCC(=O)N[C@H](COCC[C@@H](CCCCCCC)OC(=O)CCCCCCCCCCC)COP(=O)([O-])OCCNC(=O)NCCOP(=O)([O-])OC[C@@H](COCC[C@@H](CCCCCCC)OC(=O)CCCCCCCCCCC)NC(=O)CCCCCCCCCCCCC.[Na+].[Na+]. The number of ether oxygens (including phenoxy) is 4. The Bertz CT molecular complexity index is 1980. The summed E-state index contributed by atoms with van der Waals surface area (Å²) in [4.78, 5) is 91.4. The van der Waals surface area contributed by atoms with Crippen molar-refractivity contribution in [1.82, 2.24) is 21.3 Å². The topological polar surface area (TPSA) is 288 Å². The monoisotopic (exact) mass is 1600 g/mol. The van der Waals surface area contributed by atoms with Crippen LogP contribution in [0.3, 0.4) is 0 Å². The van der Waals surface area contributed by atoms with Crippen LogP contribution < -0.4 is 90.2 Å². The summed E-state index contributed by atoms with van der Waals surface area (Å²) in [6.07, 6.45) is 59.5. The Balaban J connectivity index is -0.0000551. The number of rotatable bonds is 84. The van der Waals surface area contributed by atoms with Crippen molar-refractivity contribution in [3.8, 4) is 0 Å². The number of urea groups is 1. The third kappa shape index (κ3) is 80.5.